The van der Waals surface area contributed by atoms with Gasteiger partial charge < -0.3 is 14.3 Å². The number of aliphatic hydroxyl groups is 1. The second-order valence-electron chi connectivity index (χ2n) is 5.37. The quantitative estimate of drug-likeness (QED) is 0.905. The number of rotatable bonds is 3. The van der Waals surface area contributed by atoms with Crippen molar-refractivity contribution in [3.63, 3.8) is 0 Å². The van der Waals surface area contributed by atoms with Crippen molar-refractivity contribution in [1.82, 2.24) is 0 Å². The van der Waals surface area contributed by atoms with E-state index in [4.69, 9.17) is 9.15 Å². The first-order chi connectivity index (χ1) is 9.31. The molecule has 3 rings (SSSR count). The number of hydrogen-bond acceptors (Lipinski definition) is 3. The van der Waals surface area contributed by atoms with Crippen LogP contribution in [-0.4, -0.2) is 12.2 Å². The molecule has 102 valence electrons. The zero-order valence-corrected chi connectivity index (χ0v) is 11.3. The van der Waals surface area contributed by atoms with Crippen molar-refractivity contribution < 1.29 is 14.3 Å². The summed E-state index contributed by atoms with van der Waals surface area (Å²) in [5.74, 6) is 1.75. The van der Waals surface area contributed by atoms with Gasteiger partial charge in [-0.2, -0.15) is 0 Å². The number of hydrogen-bond donors (Lipinski definition) is 1. The molecule has 0 spiro atoms. The first-order valence-electron chi connectivity index (χ1n) is 7.03. The highest BCUT2D eigenvalue weighted by molar-refractivity contribution is 5.90. The lowest BCUT2D eigenvalue weighted by molar-refractivity contribution is 0.0667. The van der Waals surface area contributed by atoms with Gasteiger partial charge in [0.15, 0.2) is 0 Å². The highest BCUT2D eigenvalue weighted by Crippen LogP contribution is 2.40. The molecule has 1 aliphatic carbocycles. The van der Waals surface area contributed by atoms with Crippen molar-refractivity contribution in [1.29, 1.82) is 0 Å². The molecule has 1 atom stereocenters. The van der Waals surface area contributed by atoms with Gasteiger partial charge in [0.05, 0.1) is 18.8 Å². The van der Waals surface area contributed by atoms with Crippen LogP contribution in [0.1, 0.15) is 44.0 Å². The minimum Gasteiger partial charge on any atom is -0.496 e. The topological polar surface area (TPSA) is 42.6 Å². The average Bonchev–Trinajstić information content (AvgIpc) is 2.91. The molecule has 0 radical (unpaired) electrons. The molecule has 3 nitrogen and oxygen atoms in total. The Kier molecular flexibility index (Phi) is 3.47. The fourth-order valence-electron chi connectivity index (χ4n) is 3.15. The van der Waals surface area contributed by atoms with Crippen LogP contribution in [0.4, 0.5) is 0 Å². The molecule has 0 saturated heterocycles. The molecule has 19 heavy (non-hydrogen) atoms. The minimum atomic E-state index is -0.519. The summed E-state index contributed by atoms with van der Waals surface area (Å²) in [5, 5.41) is 12.5. The molecular weight excluding hydrogens is 240 g/mol. The number of methoxy groups -OCH3 is 1. The first kappa shape index (κ1) is 12.5. The lowest BCUT2D eigenvalue weighted by Crippen LogP contribution is -2.15. The van der Waals surface area contributed by atoms with E-state index < -0.39 is 6.10 Å². The molecule has 1 N–H and O–H groups in total. The van der Waals surface area contributed by atoms with Crippen molar-refractivity contribution in [2.24, 2.45) is 5.92 Å². The Morgan fingerprint density at radius 1 is 1.26 bits per heavy atom. The number of aliphatic hydroxyl groups excluding tert-OH is 1. The van der Waals surface area contributed by atoms with Gasteiger partial charge in [-0.05, 0) is 24.8 Å². The van der Waals surface area contributed by atoms with Gasteiger partial charge in [-0.1, -0.05) is 31.4 Å². The van der Waals surface area contributed by atoms with E-state index in [1.807, 2.05) is 18.2 Å². The van der Waals surface area contributed by atoms with E-state index in [0.29, 0.717) is 11.7 Å². The SMILES string of the molecule is COc1cccc2coc(C(O)C3CCCCC3)c12. The van der Waals surface area contributed by atoms with Gasteiger partial charge in [0, 0.05) is 5.39 Å². The van der Waals surface area contributed by atoms with Crippen molar-refractivity contribution in [2.75, 3.05) is 7.11 Å². The Morgan fingerprint density at radius 3 is 2.79 bits per heavy atom. The summed E-state index contributed by atoms with van der Waals surface area (Å²) < 4.78 is 11.0. The van der Waals surface area contributed by atoms with Crippen LogP contribution in [0.5, 0.6) is 5.75 Å². The van der Waals surface area contributed by atoms with E-state index in [9.17, 15) is 5.11 Å². The lowest BCUT2D eigenvalue weighted by Gasteiger charge is -2.25. The Balaban J connectivity index is 1.99. The maximum Gasteiger partial charge on any atom is 0.144 e. The summed E-state index contributed by atoms with van der Waals surface area (Å²) in [6.07, 6.45) is 7.05. The molecule has 1 aromatic heterocycles. The third-order valence-electron chi connectivity index (χ3n) is 4.20. The zero-order valence-electron chi connectivity index (χ0n) is 11.3. The molecule has 0 bridgehead atoms. The van der Waals surface area contributed by atoms with Crippen LogP contribution in [0.2, 0.25) is 0 Å². The maximum atomic E-state index is 10.6. The van der Waals surface area contributed by atoms with Crippen LogP contribution >= 0.6 is 0 Å². The van der Waals surface area contributed by atoms with E-state index in [1.54, 1.807) is 13.4 Å². The lowest BCUT2D eigenvalue weighted by atomic mass is 9.84. The summed E-state index contributed by atoms with van der Waals surface area (Å²) in [6, 6.07) is 5.83. The van der Waals surface area contributed by atoms with Gasteiger partial charge in [-0.15, -0.1) is 0 Å². The molecule has 0 aliphatic heterocycles. The van der Waals surface area contributed by atoms with E-state index in [1.165, 1.54) is 19.3 Å². The standard InChI is InChI=1S/C16H20O3/c1-18-13-9-5-8-12-10-19-16(14(12)13)15(17)11-6-3-2-4-7-11/h5,8-11,15,17H,2-4,6-7H2,1H3. The van der Waals surface area contributed by atoms with E-state index in [-0.39, 0.29) is 0 Å². The average molecular weight is 260 g/mol. The monoisotopic (exact) mass is 260 g/mol. The largest absolute Gasteiger partial charge is 0.496 e. The predicted octanol–water partition coefficient (Wildman–Crippen LogP) is 4.06. The number of benzene rings is 1. The number of ether oxygens (including phenoxy) is 1. The summed E-state index contributed by atoms with van der Waals surface area (Å²) in [4.78, 5) is 0. The van der Waals surface area contributed by atoms with Gasteiger partial charge in [0.2, 0.25) is 0 Å². The van der Waals surface area contributed by atoms with Crippen LogP contribution in [0, 0.1) is 5.92 Å². The smallest absolute Gasteiger partial charge is 0.144 e. The first-order valence-corrected chi connectivity index (χ1v) is 7.03. The maximum absolute atomic E-state index is 10.6. The second-order valence-corrected chi connectivity index (χ2v) is 5.37. The molecule has 2 aromatic rings. The number of fused-ring (bicyclic) bond motifs is 1. The number of furan rings is 1. The highest BCUT2D eigenvalue weighted by Gasteiger charge is 2.28. The summed E-state index contributed by atoms with van der Waals surface area (Å²) >= 11 is 0. The fourth-order valence-corrected chi connectivity index (χ4v) is 3.15. The van der Waals surface area contributed by atoms with Crippen LogP contribution in [0.15, 0.2) is 28.9 Å². The Morgan fingerprint density at radius 2 is 2.05 bits per heavy atom. The molecule has 1 heterocycles. The van der Waals surface area contributed by atoms with Gasteiger partial charge >= 0.3 is 0 Å². The van der Waals surface area contributed by atoms with Crippen molar-refractivity contribution in [3.8, 4) is 5.75 Å². The summed E-state index contributed by atoms with van der Waals surface area (Å²) in [7, 11) is 1.65. The third kappa shape index (κ3) is 2.23. The van der Waals surface area contributed by atoms with Crippen molar-refractivity contribution >= 4 is 10.8 Å². The predicted molar refractivity (Wildman–Crippen MR) is 74.3 cm³/mol. The van der Waals surface area contributed by atoms with Gasteiger partial charge in [-0.3, -0.25) is 0 Å². The molecule has 1 aromatic carbocycles. The third-order valence-corrected chi connectivity index (χ3v) is 4.20. The molecule has 1 unspecified atom stereocenters. The van der Waals surface area contributed by atoms with Gasteiger partial charge in [0.1, 0.15) is 17.6 Å². The summed E-state index contributed by atoms with van der Waals surface area (Å²) in [6.45, 7) is 0. The Bertz CT molecular complexity index is 552. The second kappa shape index (κ2) is 5.25. The molecule has 1 aliphatic rings. The van der Waals surface area contributed by atoms with Crippen molar-refractivity contribution in [3.05, 3.63) is 30.2 Å². The zero-order chi connectivity index (χ0) is 13.2. The minimum absolute atomic E-state index is 0.313. The molecule has 1 fully saturated rings. The van der Waals surface area contributed by atoms with Crippen LogP contribution < -0.4 is 4.74 Å². The molecular formula is C16H20O3. The van der Waals surface area contributed by atoms with Crippen LogP contribution in [0.25, 0.3) is 10.8 Å². The molecule has 0 amide bonds. The van der Waals surface area contributed by atoms with Gasteiger partial charge in [0.25, 0.3) is 0 Å². The summed E-state index contributed by atoms with van der Waals surface area (Å²) in [5.41, 5.74) is 0. The Labute approximate surface area is 113 Å². The molecule has 3 heteroatoms. The van der Waals surface area contributed by atoms with Gasteiger partial charge in [-0.25, -0.2) is 0 Å². The van der Waals surface area contributed by atoms with Crippen LogP contribution in [-0.2, 0) is 0 Å². The van der Waals surface area contributed by atoms with E-state index in [2.05, 4.69) is 0 Å². The van der Waals surface area contributed by atoms with E-state index in [0.717, 1.165) is 29.4 Å². The molecule has 1 saturated carbocycles. The van der Waals surface area contributed by atoms with Crippen molar-refractivity contribution in [2.45, 2.75) is 38.2 Å². The highest BCUT2D eigenvalue weighted by atomic mass is 16.5. The fraction of sp³-hybridized carbons (Fsp3) is 0.500. The van der Waals surface area contributed by atoms with E-state index >= 15 is 0 Å². The van der Waals surface area contributed by atoms with Crippen LogP contribution in [0.3, 0.4) is 0 Å². The normalized spacial score (nSPS) is 18.6. The Hall–Kier alpha value is -1.48.